The van der Waals surface area contributed by atoms with Crippen molar-refractivity contribution in [1.29, 1.82) is 0 Å². The maximum absolute atomic E-state index is 12.6. The molecule has 30 heavy (non-hydrogen) atoms. The molecule has 3 rings (SSSR count). The van der Waals surface area contributed by atoms with Crippen LogP contribution in [-0.4, -0.2) is 40.7 Å². The minimum atomic E-state index is -3.33. The topological polar surface area (TPSA) is 69.7 Å². The Morgan fingerprint density at radius 2 is 1.77 bits per heavy atom. The number of anilines is 2. The zero-order valence-electron chi connectivity index (χ0n) is 18.1. The van der Waals surface area contributed by atoms with Crippen LogP contribution in [-0.2, 0) is 10.0 Å². The largest absolute Gasteiger partial charge is 0.371 e. The van der Waals surface area contributed by atoms with Gasteiger partial charge in [-0.05, 0) is 67.6 Å². The molecular formula is C23H31N3O3S. The van der Waals surface area contributed by atoms with Crippen LogP contribution in [0.2, 0.25) is 0 Å². The van der Waals surface area contributed by atoms with Gasteiger partial charge in [0.25, 0.3) is 5.91 Å². The molecule has 162 valence electrons. The molecular weight excluding hydrogens is 398 g/mol. The molecule has 1 aliphatic heterocycles. The van der Waals surface area contributed by atoms with Gasteiger partial charge in [0.2, 0.25) is 10.0 Å². The molecule has 2 aromatic rings. The van der Waals surface area contributed by atoms with E-state index in [-0.39, 0.29) is 11.9 Å². The Labute approximate surface area is 179 Å². The lowest BCUT2D eigenvalue weighted by atomic mass is 9.99. The van der Waals surface area contributed by atoms with Gasteiger partial charge in [0.05, 0.1) is 18.0 Å². The van der Waals surface area contributed by atoms with E-state index in [1.807, 2.05) is 6.92 Å². The van der Waals surface area contributed by atoms with Crippen LogP contribution in [0.5, 0.6) is 0 Å². The fourth-order valence-electron chi connectivity index (χ4n) is 3.78. The molecule has 1 saturated heterocycles. The summed E-state index contributed by atoms with van der Waals surface area (Å²) in [4.78, 5) is 15.0. The van der Waals surface area contributed by atoms with Crippen molar-refractivity contribution in [1.82, 2.24) is 5.32 Å². The summed E-state index contributed by atoms with van der Waals surface area (Å²) in [5, 5.41) is 3.01. The van der Waals surface area contributed by atoms with Crippen LogP contribution in [0.4, 0.5) is 11.4 Å². The van der Waals surface area contributed by atoms with E-state index < -0.39 is 10.0 Å². The highest BCUT2D eigenvalue weighted by Crippen LogP contribution is 2.25. The number of carbonyl (C=O) groups excluding carboxylic acids is 1. The molecule has 1 N–H and O–H groups in total. The molecule has 1 fully saturated rings. The number of benzene rings is 2. The van der Waals surface area contributed by atoms with Crippen LogP contribution in [0.3, 0.4) is 0 Å². The maximum Gasteiger partial charge on any atom is 0.251 e. The Morgan fingerprint density at radius 1 is 1.13 bits per heavy atom. The van der Waals surface area contributed by atoms with Gasteiger partial charge in [-0.25, -0.2) is 8.42 Å². The van der Waals surface area contributed by atoms with Crippen molar-refractivity contribution in [3.63, 3.8) is 0 Å². The van der Waals surface area contributed by atoms with Gasteiger partial charge in [-0.1, -0.05) is 19.1 Å². The third kappa shape index (κ3) is 5.33. The van der Waals surface area contributed by atoms with Crippen LogP contribution in [0.15, 0.2) is 48.5 Å². The number of carbonyl (C=O) groups is 1. The Bertz CT molecular complexity index is 972. The summed E-state index contributed by atoms with van der Waals surface area (Å²) in [7, 11) is -1.84. The minimum Gasteiger partial charge on any atom is -0.371 e. The van der Waals surface area contributed by atoms with E-state index in [2.05, 4.69) is 41.4 Å². The number of sulfonamides is 1. The molecule has 2 atom stereocenters. The van der Waals surface area contributed by atoms with Crippen LogP contribution in [0.25, 0.3) is 0 Å². The molecule has 0 aliphatic carbocycles. The standard InChI is InChI=1S/C23H31N3O3S/c1-17-6-5-15-26(16-17)22-13-7-19(8-14-22)18(2)24-23(27)20-9-11-21(12-10-20)25(3)30(4,28)29/h7-14,17-18H,5-6,15-16H2,1-4H3,(H,24,27)/t17-,18-/m0/s1. The van der Waals surface area contributed by atoms with Crippen LogP contribution in [0, 0.1) is 5.92 Å². The SMILES string of the molecule is C[C@H]1CCCN(c2ccc([C@H](C)NC(=O)c3ccc(N(C)S(C)(=O)=O)cc3)cc2)C1. The number of nitrogens with zero attached hydrogens (tertiary/aromatic N) is 2. The predicted octanol–water partition coefficient (Wildman–Crippen LogP) is 3.81. The van der Waals surface area contributed by atoms with Gasteiger partial charge >= 0.3 is 0 Å². The molecule has 1 heterocycles. The van der Waals surface area contributed by atoms with Gasteiger partial charge in [0, 0.05) is 31.4 Å². The fourth-order valence-corrected chi connectivity index (χ4v) is 4.28. The molecule has 2 aromatic carbocycles. The maximum atomic E-state index is 12.6. The second kappa shape index (κ2) is 9.08. The van der Waals surface area contributed by atoms with Gasteiger partial charge in [-0.3, -0.25) is 9.10 Å². The summed E-state index contributed by atoms with van der Waals surface area (Å²) in [6, 6.07) is 14.8. The number of hydrogen-bond acceptors (Lipinski definition) is 4. The van der Waals surface area contributed by atoms with Crippen molar-refractivity contribution in [3.8, 4) is 0 Å². The third-order valence-corrected chi connectivity index (χ3v) is 6.96. The summed E-state index contributed by atoms with van der Waals surface area (Å²) in [6.07, 6.45) is 3.67. The zero-order valence-corrected chi connectivity index (χ0v) is 18.9. The van der Waals surface area contributed by atoms with Gasteiger partial charge in [0.15, 0.2) is 0 Å². The Balaban J connectivity index is 1.62. The van der Waals surface area contributed by atoms with Crippen molar-refractivity contribution in [2.45, 2.75) is 32.7 Å². The summed E-state index contributed by atoms with van der Waals surface area (Å²) in [6.45, 7) is 6.45. The molecule has 0 saturated carbocycles. The first-order chi connectivity index (χ1) is 14.1. The Kier molecular flexibility index (Phi) is 6.71. The van der Waals surface area contributed by atoms with Crippen molar-refractivity contribution in [3.05, 3.63) is 59.7 Å². The Morgan fingerprint density at radius 3 is 2.33 bits per heavy atom. The first kappa shape index (κ1) is 22.2. The van der Waals surface area contributed by atoms with E-state index >= 15 is 0 Å². The number of rotatable bonds is 6. The van der Waals surface area contributed by atoms with Crippen molar-refractivity contribution in [2.75, 3.05) is 35.6 Å². The fraction of sp³-hybridized carbons (Fsp3) is 0.435. The molecule has 0 spiro atoms. The highest BCUT2D eigenvalue weighted by atomic mass is 32.2. The van der Waals surface area contributed by atoms with Crippen LogP contribution in [0.1, 0.15) is 48.7 Å². The second-order valence-electron chi connectivity index (χ2n) is 8.26. The highest BCUT2D eigenvalue weighted by Gasteiger charge is 2.18. The number of nitrogens with one attached hydrogen (secondary N) is 1. The third-order valence-electron chi connectivity index (χ3n) is 5.75. The van der Waals surface area contributed by atoms with E-state index in [9.17, 15) is 13.2 Å². The van der Waals surface area contributed by atoms with E-state index in [1.54, 1.807) is 24.3 Å². The van der Waals surface area contributed by atoms with E-state index in [1.165, 1.54) is 29.9 Å². The molecule has 0 unspecified atom stereocenters. The average Bonchev–Trinajstić information content (AvgIpc) is 2.72. The lowest BCUT2D eigenvalue weighted by Crippen LogP contribution is -2.34. The predicted molar refractivity (Wildman–Crippen MR) is 123 cm³/mol. The zero-order chi connectivity index (χ0) is 21.9. The molecule has 0 bridgehead atoms. The Hall–Kier alpha value is -2.54. The van der Waals surface area contributed by atoms with Gasteiger partial charge in [-0.2, -0.15) is 0 Å². The molecule has 1 amide bonds. The molecule has 6 nitrogen and oxygen atoms in total. The molecule has 7 heteroatoms. The normalized spacial score (nSPS) is 18.0. The van der Waals surface area contributed by atoms with Gasteiger partial charge in [-0.15, -0.1) is 0 Å². The molecule has 1 aliphatic rings. The average molecular weight is 430 g/mol. The number of piperidine rings is 1. The smallest absolute Gasteiger partial charge is 0.251 e. The van der Waals surface area contributed by atoms with E-state index in [0.29, 0.717) is 11.3 Å². The van der Waals surface area contributed by atoms with Crippen LogP contribution < -0.4 is 14.5 Å². The van der Waals surface area contributed by atoms with Gasteiger partial charge in [0.1, 0.15) is 0 Å². The summed E-state index contributed by atoms with van der Waals surface area (Å²) in [5.41, 5.74) is 3.29. The van der Waals surface area contributed by atoms with Crippen molar-refractivity contribution < 1.29 is 13.2 Å². The lowest BCUT2D eigenvalue weighted by Gasteiger charge is -2.33. The summed E-state index contributed by atoms with van der Waals surface area (Å²) in [5.74, 6) is 0.533. The monoisotopic (exact) mass is 429 g/mol. The van der Waals surface area contributed by atoms with Crippen molar-refractivity contribution >= 4 is 27.3 Å². The lowest BCUT2D eigenvalue weighted by molar-refractivity contribution is 0.0940. The summed E-state index contributed by atoms with van der Waals surface area (Å²) < 4.78 is 24.5. The molecule has 0 aromatic heterocycles. The van der Waals surface area contributed by atoms with Gasteiger partial charge < -0.3 is 10.2 Å². The van der Waals surface area contributed by atoms with Crippen molar-refractivity contribution in [2.24, 2.45) is 5.92 Å². The second-order valence-corrected chi connectivity index (χ2v) is 10.3. The minimum absolute atomic E-state index is 0.134. The van der Waals surface area contributed by atoms with E-state index in [4.69, 9.17) is 0 Å². The first-order valence-electron chi connectivity index (χ1n) is 10.3. The first-order valence-corrected chi connectivity index (χ1v) is 12.2. The number of amides is 1. The number of hydrogen-bond donors (Lipinski definition) is 1. The van der Waals surface area contributed by atoms with E-state index in [0.717, 1.165) is 30.8 Å². The highest BCUT2D eigenvalue weighted by molar-refractivity contribution is 7.92. The quantitative estimate of drug-likeness (QED) is 0.758. The molecule has 0 radical (unpaired) electrons. The summed E-state index contributed by atoms with van der Waals surface area (Å²) >= 11 is 0. The van der Waals surface area contributed by atoms with Crippen LogP contribution >= 0.6 is 0 Å².